The van der Waals surface area contributed by atoms with Crippen molar-refractivity contribution in [3.8, 4) is 0 Å². The van der Waals surface area contributed by atoms with Crippen molar-refractivity contribution in [2.75, 3.05) is 0 Å². The summed E-state index contributed by atoms with van der Waals surface area (Å²) in [6.45, 7) is 1.95. The first kappa shape index (κ1) is 18.7. The average Bonchev–Trinajstić information content (AvgIpc) is 2.58. The summed E-state index contributed by atoms with van der Waals surface area (Å²) in [4.78, 5) is 0.309. The van der Waals surface area contributed by atoms with Crippen LogP contribution >= 0.6 is 0 Å². The van der Waals surface area contributed by atoms with Gasteiger partial charge in [-0.05, 0) is 0 Å². The van der Waals surface area contributed by atoms with Crippen LogP contribution in [-0.4, -0.2) is 18.6 Å². The summed E-state index contributed by atoms with van der Waals surface area (Å²) in [6, 6.07) is 17.0. The maximum absolute atomic E-state index is 13.0. The minimum absolute atomic E-state index is 0.153. The topological polar surface area (TPSA) is 72.2 Å². The Morgan fingerprint density at radius 3 is 2.40 bits per heavy atom. The van der Waals surface area contributed by atoms with Gasteiger partial charge in [-0.1, -0.05) is 0 Å². The standard InChI is InChI=1S/C13H19N2O2S.C6H5.Ru/c1-10-6-8-11(9-7-10)18(16,17)15-13-5-3-2-4-12(13)14;1-2-4-6-5-3-1;/h6-9,12,15H,2-5,14H2,1H3;1-5H;. The average molecular weight is 446 g/mol. The fraction of sp³-hybridized carbons (Fsp3) is 0.368. The Bertz CT molecular complexity index is 809. The van der Waals surface area contributed by atoms with Crippen LogP contribution in [-0.2, 0) is 27.1 Å². The molecule has 0 spiro atoms. The van der Waals surface area contributed by atoms with E-state index in [2.05, 4.69) is 16.9 Å². The van der Waals surface area contributed by atoms with Crippen LogP contribution in [0.1, 0.15) is 31.2 Å². The second-order valence-electron chi connectivity index (χ2n) is 6.48. The van der Waals surface area contributed by atoms with Gasteiger partial charge in [-0.15, -0.1) is 0 Å². The van der Waals surface area contributed by atoms with E-state index in [9.17, 15) is 8.42 Å². The van der Waals surface area contributed by atoms with E-state index in [0.717, 1.165) is 31.2 Å². The van der Waals surface area contributed by atoms with Crippen molar-refractivity contribution in [3.05, 3.63) is 60.2 Å². The SMILES string of the molecule is Cc1ccc(S(=O)(=O)N[C]2([Ru][c]3ccccc3)CCCCC2N)cc1. The molecule has 136 valence electrons. The van der Waals surface area contributed by atoms with Gasteiger partial charge >= 0.3 is 158 Å². The number of nitrogens with two attached hydrogens (primary N) is 1. The number of hydrogen-bond donors (Lipinski definition) is 2. The first-order valence-electron chi connectivity index (χ1n) is 8.46. The van der Waals surface area contributed by atoms with Crippen LogP contribution in [0.25, 0.3) is 0 Å². The third-order valence-corrected chi connectivity index (χ3v) is 9.46. The van der Waals surface area contributed by atoms with E-state index in [4.69, 9.17) is 5.73 Å². The van der Waals surface area contributed by atoms with Crippen LogP contribution in [0.3, 0.4) is 0 Å². The van der Waals surface area contributed by atoms with Crippen LogP contribution in [0.5, 0.6) is 0 Å². The van der Waals surface area contributed by atoms with Crippen LogP contribution in [0, 0.1) is 6.92 Å². The van der Waals surface area contributed by atoms with Gasteiger partial charge in [0.05, 0.1) is 0 Å². The molecule has 0 amide bonds. The van der Waals surface area contributed by atoms with E-state index >= 15 is 0 Å². The number of hydrogen-bond acceptors (Lipinski definition) is 3. The molecule has 0 aliphatic heterocycles. The molecular weight excluding hydrogens is 421 g/mol. The Morgan fingerprint density at radius 2 is 1.76 bits per heavy atom. The van der Waals surface area contributed by atoms with Crippen LogP contribution in [0.2, 0.25) is 0 Å². The van der Waals surface area contributed by atoms with E-state index in [1.807, 2.05) is 37.3 Å². The fourth-order valence-corrected chi connectivity index (χ4v) is 7.98. The maximum atomic E-state index is 13.0. The minimum atomic E-state index is -3.60. The zero-order chi connectivity index (χ0) is 17.9. The fourth-order valence-electron chi connectivity index (χ4n) is 3.05. The first-order chi connectivity index (χ1) is 11.9. The molecule has 1 aliphatic rings. The molecule has 0 saturated heterocycles. The molecule has 0 radical (unpaired) electrons. The molecule has 2 aromatic carbocycles. The normalized spacial score (nSPS) is 24.3. The summed E-state index contributed by atoms with van der Waals surface area (Å²) in [5.41, 5.74) is 7.51. The Morgan fingerprint density at radius 1 is 1.08 bits per heavy atom. The second-order valence-corrected chi connectivity index (χ2v) is 11.2. The van der Waals surface area contributed by atoms with Gasteiger partial charge in [0.2, 0.25) is 0 Å². The van der Waals surface area contributed by atoms with Crippen molar-refractivity contribution >= 4 is 14.2 Å². The summed E-state index contributed by atoms with van der Waals surface area (Å²) in [5.74, 6) is 0. The summed E-state index contributed by atoms with van der Waals surface area (Å²) < 4.78 is 29.7. The molecule has 2 aromatic rings. The Kier molecular flexibility index (Phi) is 5.74. The van der Waals surface area contributed by atoms with Crippen molar-refractivity contribution in [2.45, 2.75) is 47.7 Å². The third-order valence-electron chi connectivity index (χ3n) is 4.50. The van der Waals surface area contributed by atoms with Crippen molar-refractivity contribution in [1.29, 1.82) is 0 Å². The quantitative estimate of drug-likeness (QED) is 0.694. The molecule has 1 fully saturated rings. The summed E-state index contributed by atoms with van der Waals surface area (Å²) >= 11 is -0.381. The van der Waals surface area contributed by atoms with Crippen molar-refractivity contribution in [3.63, 3.8) is 0 Å². The molecule has 0 heterocycles. The number of benzene rings is 2. The van der Waals surface area contributed by atoms with Gasteiger partial charge in [0, 0.05) is 0 Å². The Labute approximate surface area is 157 Å². The molecule has 25 heavy (non-hydrogen) atoms. The van der Waals surface area contributed by atoms with Crippen molar-refractivity contribution in [1.82, 2.24) is 4.72 Å². The molecule has 1 saturated carbocycles. The molecule has 1 aliphatic carbocycles. The van der Waals surface area contributed by atoms with Gasteiger partial charge in [0.1, 0.15) is 0 Å². The molecule has 2 atom stereocenters. The van der Waals surface area contributed by atoms with Crippen molar-refractivity contribution < 1.29 is 25.5 Å². The number of rotatable bonds is 5. The van der Waals surface area contributed by atoms with Crippen LogP contribution in [0.15, 0.2) is 59.5 Å². The summed E-state index contributed by atoms with van der Waals surface area (Å²) in [7, 11) is -3.60. The molecular formula is C19H24N2O2RuS. The van der Waals surface area contributed by atoms with E-state index in [1.54, 1.807) is 12.1 Å². The van der Waals surface area contributed by atoms with Gasteiger partial charge in [-0.25, -0.2) is 0 Å². The van der Waals surface area contributed by atoms with Crippen LogP contribution < -0.4 is 14.6 Å². The van der Waals surface area contributed by atoms with Gasteiger partial charge in [0.25, 0.3) is 0 Å². The number of sulfonamides is 1. The second kappa shape index (κ2) is 7.67. The Balaban J connectivity index is 1.93. The van der Waals surface area contributed by atoms with E-state index in [0.29, 0.717) is 4.90 Å². The molecule has 0 bridgehead atoms. The van der Waals surface area contributed by atoms with E-state index < -0.39 is 14.2 Å². The van der Waals surface area contributed by atoms with Crippen LogP contribution in [0.4, 0.5) is 0 Å². The molecule has 4 nitrogen and oxygen atoms in total. The van der Waals surface area contributed by atoms with E-state index in [1.165, 1.54) is 4.16 Å². The van der Waals surface area contributed by atoms with Gasteiger partial charge in [-0.3, -0.25) is 0 Å². The zero-order valence-corrected chi connectivity index (χ0v) is 16.8. The molecule has 0 aromatic heterocycles. The number of nitrogens with one attached hydrogen (secondary N) is 1. The molecule has 3 rings (SSSR count). The molecule has 6 heteroatoms. The van der Waals surface area contributed by atoms with Crippen molar-refractivity contribution in [2.24, 2.45) is 5.73 Å². The molecule has 2 unspecified atom stereocenters. The first-order valence-corrected chi connectivity index (χ1v) is 11.7. The monoisotopic (exact) mass is 446 g/mol. The predicted octanol–water partition coefficient (Wildman–Crippen LogP) is 2.28. The predicted molar refractivity (Wildman–Crippen MR) is 96.8 cm³/mol. The third kappa shape index (κ3) is 4.37. The van der Waals surface area contributed by atoms with Gasteiger partial charge in [0.15, 0.2) is 0 Å². The van der Waals surface area contributed by atoms with Gasteiger partial charge in [-0.2, -0.15) is 0 Å². The van der Waals surface area contributed by atoms with Gasteiger partial charge < -0.3 is 0 Å². The summed E-state index contributed by atoms with van der Waals surface area (Å²) in [5, 5.41) is 0. The Hall–Kier alpha value is -1.07. The molecule has 3 N–H and O–H groups in total. The number of aryl methyl sites for hydroxylation is 1. The summed E-state index contributed by atoms with van der Waals surface area (Å²) in [6.07, 6.45) is 3.72. The zero-order valence-electron chi connectivity index (χ0n) is 14.3. The van der Waals surface area contributed by atoms with E-state index in [-0.39, 0.29) is 23.2 Å².